The van der Waals surface area contributed by atoms with Crippen molar-refractivity contribution in [1.82, 2.24) is 0 Å². The van der Waals surface area contributed by atoms with E-state index in [1.54, 1.807) is 18.2 Å². The van der Waals surface area contributed by atoms with Gasteiger partial charge in [-0.2, -0.15) is 0 Å². The zero-order valence-electron chi connectivity index (χ0n) is 8.99. The molecule has 0 aromatic heterocycles. The highest BCUT2D eigenvalue weighted by atomic mass is 16.6. The van der Waals surface area contributed by atoms with Gasteiger partial charge in [0.1, 0.15) is 11.3 Å². The smallest absolute Gasteiger partial charge is 0.350 e. The van der Waals surface area contributed by atoms with Gasteiger partial charge in [0.2, 0.25) is 0 Å². The van der Waals surface area contributed by atoms with Crippen molar-refractivity contribution in [3.63, 3.8) is 0 Å². The van der Waals surface area contributed by atoms with Crippen LogP contribution in [0.3, 0.4) is 0 Å². The van der Waals surface area contributed by atoms with Crippen LogP contribution in [-0.2, 0) is 4.74 Å². The molecule has 0 saturated heterocycles. The van der Waals surface area contributed by atoms with E-state index in [1.807, 2.05) is 0 Å². The van der Waals surface area contributed by atoms with Gasteiger partial charge in [0.05, 0.1) is 12.2 Å². The van der Waals surface area contributed by atoms with Crippen LogP contribution < -0.4 is 4.74 Å². The second kappa shape index (κ2) is 4.35. The van der Waals surface area contributed by atoms with Gasteiger partial charge in [-0.15, -0.1) is 0 Å². The predicted octanol–water partition coefficient (Wildman–Crippen LogP) is 2.18. The highest BCUT2D eigenvalue weighted by Gasteiger charge is 2.32. The summed E-state index contributed by atoms with van der Waals surface area (Å²) in [6, 6.07) is 4.92. The van der Waals surface area contributed by atoms with Crippen molar-refractivity contribution in [2.75, 3.05) is 6.61 Å². The molecule has 0 spiro atoms. The van der Waals surface area contributed by atoms with Crippen molar-refractivity contribution < 1.29 is 19.1 Å². The largest absolute Gasteiger partial charge is 0.493 e. The summed E-state index contributed by atoms with van der Waals surface area (Å²) in [5.74, 6) is -0.783. The summed E-state index contributed by atoms with van der Waals surface area (Å²) in [5.41, 5.74) is 0.544. The Hall–Kier alpha value is -1.84. The van der Waals surface area contributed by atoms with Gasteiger partial charge >= 0.3 is 11.9 Å². The van der Waals surface area contributed by atoms with Crippen molar-refractivity contribution in [2.24, 2.45) is 0 Å². The van der Waals surface area contributed by atoms with Crippen LogP contribution in [0.15, 0.2) is 18.2 Å². The fourth-order valence-corrected chi connectivity index (χ4v) is 1.55. The lowest BCUT2D eigenvalue weighted by molar-refractivity contribution is 0.0442. The van der Waals surface area contributed by atoms with Crippen LogP contribution in [0, 0.1) is 0 Å². The van der Waals surface area contributed by atoms with E-state index in [4.69, 9.17) is 4.74 Å². The summed E-state index contributed by atoms with van der Waals surface area (Å²) in [4.78, 5) is 22.7. The van der Waals surface area contributed by atoms with Gasteiger partial charge in [-0.3, -0.25) is 0 Å². The summed E-state index contributed by atoms with van der Waals surface area (Å²) >= 11 is 0. The summed E-state index contributed by atoms with van der Waals surface area (Å²) in [6.07, 6.45) is 1.92. The third-order valence-electron chi connectivity index (χ3n) is 2.39. The predicted molar refractivity (Wildman–Crippen MR) is 56.6 cm³/mol. The lowest BCUT2D eigenvalue weighted by Crippen LogP contribution is -2.02. The first kappa shape index (κ1) is 10.7. The number of carbonyl (C=O) groups is 2. The molecule has 0 N–H and O–H groups in total. The third kappa shape index (κ3) is 1.78. The molecule has 4 nitrogen and oxygen atoms in total. The van der Waals surface area contributed by atoms with E-state index < -0.39 is 11.9 Å². The van der Waals surface area contributed by atoms with Crippen LogP contribution in [0.2, 0.25) is 0 Å². The number of esters is 2. The Bertz CT molecular complexity index is 437. The van der Waals surface area contributed by atoms with Crippen LogP contribution in [0.25, 0.3) is 0 Å². The molecule has 1 aromatic carbocycles. The Labute approximate surface area is 93.2 Å². The molecular formula is C12H12O4. The van der Waals surface area contributed by atoms with E-state index in [9.17, 15) is 9.59 Å². The van der Waals surface area contributed by atoms with Gasteiger partial charge in [0.15, 0.2) is 0 Å². The maximum absolute atomic E-state index is 11.4. The molecule has 1 aromatic rings. The Morgan fingerprint density at radius 3 is 2.81 bits per heavy atom. The van der Waals surface area contributed by atoms with Crippen LogP contribution >= 0.6 is 0 Å². The molecule has 0 unspecified atom stereocenters. The number of rotatable bonds is 4. The number of carbonyl (C=O) groups excluding carboxylic acids is 2. The molecule has 16 heavy (non-hydrogen) atoms. The normalized spacial score (nSPS) is 13.6. The monoisotopic (exact) mass is 220 g/mol. The van der Waals surface area contributed by atoms with Gasteiger partial charge < -0.3 is 9.47 Å². The van der Waals surface area contributed by atoms with Crippen molar-refractivity contribution in [2.45, 2.75) is 19.8 Å². The first-order valence-corrected chi connectivity index (χ1v) is 5.26. The number of unbranched alkanes of at least 4 members (excludes halogenated alkanes) is 1. The molecule has 0 amide bonds. The molecule has 0 bridgehead atoms. The highest BCUT2D eigenvalue weighted by Crippen LogP contribution is 2.29. The molecule has 4 heteroatoms. The van der Waals surface area contributed by atoms with Crippen LogP contribution in [0.5, 0.6) is 5.75 Å². The lowest BCUT2D eigenvalue weighted by Gasteiger charge is -2.06. The third-order valence-corrected chi connectivity index (χ3v) is 2.39. The number of hydrogen-bond acceptors (Lipinski definition) is 4. The zero-order valence-corrected chi connectivity index (χ0v) is 8.99. The van der Waals surface area contributed by atoms with E-state index >= 15 is 0 Å². The topological polar surface area (TPSA) is 52.6 Å². The molecule has 0 radical (unpaired) electrons. The summed E-state index contributed by atoms with van der Waals surface area (Å²) in [7, 11) is 0. The first-order chi connectivity index (χ1) is 7.74. The fourth-order valence-electron chi connectivity index (χ4n) is 1.55. The quantitative estimate of drug-likeness (QED) is 0.443. The molecule has 2 rings (SSSR count). The molecule has 1 heterocycles. The molecule has 0 atom stereocenters. The lowest BCUT2D eigenvalue weighted by atomic mass is 10.1. The minimum atomic E-state index is -0.618. The zero-order chi connectivity index (χ0) is 11.5. The Morgan fingerprint density at radius 2 is 2.06 bits per heavy atom. The number of ether oxygens (including phenoxy) is 2. The van der Waals surface area contributed by atoms with Crippen molar-refractivity contribution >= 4 is 11.9 Å². The average molecular weight is 220 g/mol. The minimum Gasteiger partial charge on any atom is -0.493 e. The number of hydrogen-bond donors (Lipinski definition) is 0. The van der Waals surface area contributed by atoms with E-state index in [0.29, 0.717) is 17.9 Å². The van der Waals surface area contributed by atoms with Crippen LogP contribution in [-0.4, -0.2) is 18.5 Å². The maximum atomic E-state index is 11.4. The SMILES string of the molecule is CCCCOc1cccc2c1C(=O)OC2=O. The van der Waals surface area contributed by atoms with Gasteiger partial charge in [-0.25, -0.2) is 9.59 Å². The average Bonchev–Trinajstić information content (AvgIpc) is 2.56. The van der Waals surface area contributed by atoms with E-state index in [-0.39, 0.29) is 5.56 Å². The number of fused-ring (bicyclic) bond motifs is 1. The maximum Gasteiger partial charge on any atom is 0.350 e. The summed E-state index contributed by atoms with van der Waals surface area (Å²) < 4.78 is 9.98. The molecular weight excluding hydrogens is 208 g/mol. The fraction of sp³-hybridized carbons (Fsp3) is 0.333. The second-order valence-corrected chi connectivity index (χ2v) is 3.56. The molecule has 84 valence electrons. The molecule has 1 aliphatic heterocycles. The van der Waals surface area contributed by atoms with Crippen LogP contribution in [0.1, 0.15) is 40.5 Å². The molecule has 1 aliphatic rings. The van der Waals surface area contributed by atoms with E-state index in [0.717, 1.165) is 12.8 Å². The number of benzene rings is 1. The van der Waals surface area contributed by atoms with Gasteiger partial charge in [0.25, 0.3) is 0 Å². The minimum absolute atomic E-state index is 0.253. The van der Waals surface area contributed by atoms with Crippen molar-refractivity contribution in [3.8, 4) is 5.75 Å². The Morgan fingerprint density at radius 1 is 1.25 bits per heavy atom. The van der Waals surface area contributed by atoms with Crippen LogP contribution in [0.4, 0.5) is 0 Å². The van der Waals surface area contributed by atoms with Gasteiger partial charge in [-0.05, 0) is 18.6 Å². The van der Waals surface area contributed by atoms with Crippen molar-refractivity contribution in [3.05, 3.63) is 29.3 Å². The summed E-state index contributed by atoms with van der Waals surface area (Å²) in [5, 5.41) is 0. The highest BCUT2D eigenvalue weighted by molar-refractivity contribution is 6.16. The Kier molecular flexibility index (Phi) is 2.90. The van der Waals surface area contributed by atoms with Crippen molar-refractivity contribution in [1.29, 1.82) is 0 Å². The molecule has 0 fully saturated rings. The van der Waals surface area contributed by atoms with Gasteiger partial charge in [-0.1, -0.05) is 19.4 Å². The number of cyclic esters (lactones) is 2. The van der Waals surface area contributed by atoms with Gasteiger partial charge in [0, 0.05) is 0 Å². The summed E-state index contributed by atoms with van der Waals surface area (Å²) in [6.45, 7) is 2.59. The standard InChI is InChI=1S/C12H12O4/c1-2-3-7-15-9-6-4-5-8-10(9)12(14)16-11(8)13/h4-6H,2-3,7H2,1H3. The van der Waals surface area contributed by atoms with E-state index in [1.165, 1.54) is 0 Å². The molecule has 0 aliphatic carbocycles. The second-order valence-electron chi connectivity index (χ2n) is 3.56. The molecule has 0 saturated carbocycles. The first-order valence-electron chi connectivity index (χ1n) is 5.26. The van der Waals surface area contributed by atoms with E-state index in [2.05, 4.69) is 11.7 Å². The Balaban J connectivity index is 2.27.